The Labute approximate surface area is 124 Å². The first-order valence-electron chi connectivity index (χ1n) is 6.89. The SMILES string of the molecule is Cc1cc(C(=O)N2CCCN(C)CC2)sc1C#CCN. The van der Waals surface area contributed by atoms with Crippen LogP contribution in [0.1, 0.15) is 26.5 Å². The first-order valence-corrected chi connectivity index (χ1v) is 7.70. The number of hydrogen-bond acceptors (Lipinski definition) is 4. The van der Waals surface area contributed by atoms with E-state index < -0.39 is 0 Å². The van der Waals surface area contributed by atoms with Crippen molar-refractivity contribution in [1.82, 2.24) is 9.80 Å². The molecule has 1 fully saturated rings. The molecule has 0 spiro atoms. The van der Waals surface area contributed by atoms with Crippen LogP contribution in [0.3, 0.4) is 0 Å². The lowest BCUT2D eigenvalue weighted by atomic mass is 10.2. The number of carbonyl (C=O) groups excluding carboxylic acids is 1. The summed E-state index contributed by atoms with van der Waals surface area (Å²) >= 11 is 1.47. The Morgan fingerprint density at radius 2 is 2.20 bits per heavy atom. The Hall–Kier alpha value is -1.35. The molecule has 2 heterocycles. The highest BCUT2D eigenvalue weighted by molar-refractivity contribution is 7.14. The maximum atomic E-state index is 12.5. The van der Waals surface area contributed by atoms with Crippen LogP contribution < -0.4 is 5.73 Å². The van der Waals surface area contributed by atoms with Gasteiger partial charge in [-0.05, 0) is 38.6 Å². The van der Waals surface area contributed by atoms with Gasteiger partial charge in [0.05, 0.1) is 16.3 Å². The highest BCUT2D eigenvalue weighted by atomic mass is 32.1. The Balaban J connectivity index is 2.12. The van der Waals surface area contributed by atoms with Crippen LogP contribution in [0.15, 0.2) is 6.07 Å². The van der Waals surface area contributed by atoms with Gasteiger partial charge >= 0.3 is 0 Å². The van der Waals surface area contributed by atoms with Crippen molar-refractivity contribution in [3.63, 3.8) is 0 Å². The minimum absolute atomic E-state index is 0.134. The summed E-state index contributed by atoms with van der Waals surface area (Å²) in [7, 11) is 2.10. The summed E-state index contributed by atoms with van der Waals surface area (Å²) in [4.78, 5) is 18.5. The van der Waals surface area contributed by atoms with Crippen molar-refractivity contribution in [1.29, 1.82) is 0 Å². The molecule has 108 valence electrons. The molecule has 0 bridgehead atoms. The van der Waals surface area contributed by atoms with Crippen molar-refractivity contribution in [2.75, 3.05) is 39.8 Å². The molecule has 0 radical (unpaired) electrons. The normalized spacial score (nSPS) is 16.4. The first-order chi connectivity index (χ1) is 9.61. The topological polar surface area (TPSA) is 49.6 Å². The summed E-state index contributed by atoms with van der Waals surface area (Å²) in [5.41, 5.74) is 6.45. The second-order valence-corrected chi connectivity index (χ2v) is 6.13. The van der Waals surface area contributed by atoms with Crippen LogP contribution in [-0.4, -0.2) is 55.5 Å². The molecule has 1 aliphatic rings. The summed E-state index contributed by atoms with van der Waals surface area (Å²) in [5, 5.41) is 0. The molecule has 0 saturated carbocycles. The van der Waals surface area contributed by atoms with E-state index >= 15 is 0 Å². The van der Waals surface area contributed by atoms with Crippen LogP contribution in [0.4, 0.5) is 0 Å². The fraction of sp³-hybridized carbons (Fsp3) is 0.533. The molecule has 2 N–H and O–H groups in total. The predicted octanol–water partition coefficient (Wildman–Crippen LogP) is 1.14. The van der Waals surface area contributed by atoms with Crippen molar-refractivity contribution >= 4 is 17.2 Å². The zero-order valence-corrected chi connectivity index (χ0v) is 12.9. The van der Waals surface area contributed by atoms with Gasteiger partial charge in [-0.3, -0.25) is 4.79 Å². The van der Waals surface area contributed by atoms with Crippen LogP contribution in [0.2, 0.25) is 0 Å². The van der Waals surface area contributed by atoms with E-state index in [0.29, 0.717) is 6.54 Å². The number of rotatable bonds is 1. The average Bonchev–Trinajstić information content (AvgIpc) is 2.65. The first kappa shape index (κ1) is 15.0. The third kappa shape index (κ3) is 3.60. The molecule has 20 heavy (non-hydrogen) atoms. The number of aryl methyl sites for hydroxylation is 1. The molecule has 0 unspecified atom stereocenters. The number of nitrogens with zero attached hydrogens (tertiary/aromatic N) is 2. The Kier molecular flexibility index (Phi) is 5.18. The molecule has 0 atom stereocenters. The summed E-state index contributed by atoms with van der Waals surface area (Å²) in [6, 6.07) is 1.95. The van der Waals surface area contributed by atoms with Gasteiger partial charge in [0.15, 0.2) is 0 Å². The van der Waals surface area contributed by atoms with E-state index in [1.165, 1.54) is 11.3 Å². The van der Waals surface area contributed by atoms with Crippen LogP contribution in [0.25, 0.3) is 0 Å². The van der Waals surface area contributed by atoms with Gasteiger partial charge in [0.2, 0.25) is 0 Å². The summed E-state index contributed by atoms with van der Waals surface area (Å²) < 4.78 is 0. The summed E-state index contributed by atoms with van der Waals surface area (Å²) in [6.45, 7) is 5.97. The van der Waals surface area contributed by atoms with Gasteiger partial charge in [0.25, 0.3) is 5.91 Å². The largest absolute Gasteiger partial charge is 0.337 e. The lowest BCUT2D eigenvalue weighted by molar-refractivity contribution is 0.0767. The number of thiophene rings is 1. The highest BCUT2D eigenvalue weighted by Gasteiger charge is 2.21. The molecule has 4 nitrogen and oxygen atoms in total. The van der Waals surface area contributed by atoms with Gasteiger partial charge in [-0.1, -0.05) is 11.8 Å². The van der Waals surface area contributed by atoms with Crippen molar-refractivity contribution < 1.29 is 4.79 Å². The van der Waals surface area contributed by atoms with Gasteiger partial charge in [-0.15, -0.1) is 11.3 Å². The highest BCUT2D eigenvalue weighted by Crippen LogP contribution is 2.22. The molecule has 1 saturated heterocycles. The summed E-state index contributed by atoms with van der Waals surface area (Å²) in [6.07, 6.45) is 1.03. The smallest absolute Gasteiger partial charge is 0.264 e. The Morgan fingerprint density at radius 3 is 2.95 bits per heavy atom. The standard InChI is InChI=1S/C15H21N3OS/c1-12-11-14(20-13(12)5-3-6-16)15(19)18-8-4-7-17(2)9-10-18/h11H,4,6-10,16H2,1-2H3. The fourth-order valence-corrected chi connectivity index (χ4v) is 3.26. The van der Waals surface area contributed by atoms with E-state index in [0.717, 1.165) is 47.9 Å². The second-order valence-electron chi connectivity index (χ2n) is 5.08. The Morgan fingerprint density at radius 1 is 1.40 bits per heavy atom. The van der Waals surface area contributed by atoms with E-state index in [1.54, 1.807) is 0 Å². The molecule has 5 heteroatoms. The number of nitrogens with two attached hydrogens (primary N) is 1. The van der Waals surface area contributed by atoms with E-state index in [2.05, 4.69) is 23.8 Å². The molecule has 0 aromatic carbocycles. The number of likely N-dealkylation sites (N-methyl/N-ethyl adjacent to an activating group) is 1. The molecule has 0 aliphatic carbocycles. The lowest BCUT2D eigenvalue weighted by Gasteiger charge is -2.19. The summed E-state index contributed by atoms with van der Waals surface area (Å²) in [5.74, 6) is 6.02. The van der Waals surface area contributed by atoms with Crippen LogP contribution in [-0.2, 0) is 0 Å². The van der Waals surface area contributed by atoms with Gasteiger partial charge in [-0.25, -0.2) is 0 Å². The number of hydrogen-bond donors (Lipinski definition) is 1. The third-order valence-electron chi connectivity index (χ3n) is 3.44. The zero-order valence-electron chi connectivity index (χ0n) is 12.1. The van der Waals surface area contributed by atoms with Crippen LogP contribution in [0.5, 0.6) is 0 Å². The van der Waals surface area contributed by atoms with E-state index in [9.17, 15) is 4.79 Å². The average molecular weight is 291 g/mol. The van der Waals surface area contributed by atoms with Crippen molar-refractivity contribution in [2.45, 2.75) is 13.3 Å². The van der Waals surface area contributed by atoms with Crippen LogP contribution >= 0.6 is 11.3 Å². The molecular formula is C15H21N3OS. The fourth-order valence-electron chi connectivity index (χ4n) is 2.25. The van der Waals surface area contributed by atoms with E-state index in [1.807, 2.05) is 17.9 Å². The lowest BCUT2D eigenvalue weighted by Crippen LogP contribution is -2.34. The predicted molar refractivity (Wildman–Crippen MR) is 83.0 cm³/mol. The van der Waals surface area contributed by atoms with Crippen molar-refractivity contribution in [2.24, 2.45) is 5.73 Å². The van der Waals surface area contributed by atoms with Crippen molar-refractivity contribution in [3.8, 4) is 11.8 Å². The van der Waals surface area contributed by atoms with Crippen LogP contribution in [0, 0.1) is 18.8 Å². The minimum atomic E-state index is 0.134. The van der Waals surface area contributed by atoms with E-state index in [4.69, 9.17) is 5.73 Å². The number of carbonyl (C=O) groups is 1. The van der Waals surface area contributed by atoms with Gasteiger partial charge in [0.1, 0.15) is 0 Å². The second kappa shape index (κ2) is 6.89. The van der Waals surface area contributed by atoms with E-state index in [-0.39, 0.29) is 5.91 Å². The maximum Gasteiger partial charge on any atom is 0.264 e. The molecule has 2 rings (SSSR count). The molecule has 1 aliphatic heterocycles. The van der Waals surface area contributed by atoms with Gasteiger partial charge in [0, 0.05) is 19.6 Å². The number of amides is 1. The third-order valence-corrected chi connectivity index (χ3v) is 4.58. The monoisotopic (exact) mass is 291 g/mol. The molecule has 1 amide bonds. The zero-order chi connectivity index (χ0) is 14.5. The van der Waals surface area contributed by atoms with Gasteiger partial charge < -0.3 is 15.5 Å². The van der Waals surface area contributed by atoms with Gasteiger partial charge in [-0.2, -0.15) is 0 Å². The Bertz CT molecular complexity index is 541. The maximum absolute atomic E-state index is 12.5. The quantitative estimate of drug-likeness (QED) is 0.790. The molecular weight excluding hydrogens is 270 g/mol. The minimum Gasteiger partial charge on any atom is -0.337 e. The molecule has 1 aromatic rings. The molecule has 1 aromatic heterocycles. The van der Waals surface area contributed by atoms with Crippen molar-refractivity contribution in [3.05, 3.63) is 21.4 Å².